The standard InChI is InChI=1S/C15H16BrN3O2/c1-19(9-10-3-5-11(16)6-4-10)14-12(17)7-8-13(18-14)15(20)21-2/h3-8H,9,17H2,1-2H3. The van der Waals surface area contributed by atoms with Crippen molar-refractivity contribution in [2.75, 3.05) is 24.8 Å². The maximum atomic E-state index is 11.5. The largest absolute Gasteiger partial charge is 0.464 e. The minimum absolute atomic E-state index is 0.240. The van der Waals surface area contributed by atoms with Crippen molar-refractivity contribution in [1.82, 2.24) is 4.98 Å². The fraction of sp³-hybridized carbons (Fsp3) is 0.200. The van der Waals surface area contributed by atoms with Gasteiger partial charge in [-0.15, -0.1) is 0 Å². The molecule has 2 rings (SSSR count). The van der Waals surface area contributed by atoms with E-state index >= 15 is 0 Å². The Balaban J connectivity index is 2.23. The zero-order chi connectivity index (χ0) is 15.4. The van der Waals surface area contributed by atoms with Gasteiger partial charge in [0.1, 0.15) is 0 Å². The second-order valence-electron chi connectivity index (χ2n) is 4.58. The molecule has 2 N–H and O–H groups in total. The van der Waals surface area contributed by atoms with Crippen LogP contribution in [0.25, 0.3) is 0 Å². The Morgan fingerprint density at radius 1 is 1.29 bits per heavy atom. The van der Waals surface area contributed by atoms with Crippen LogP contribution in [0.2, 0.25) is 0 Å². The summed E-state index contributed by atoms with van der Waals surface area (Å²) in [5.74, 6) is 0.0779. The molecule has 5 nitrogen and oxygen atoms in total. The van der Waals surface area contributed by atoms with Gasteiger partial charge >= 0.3 is 5.97 Å². The number of hydrogen-bond acceptors (Lipinski definition) is 5. The van der Waals surface area contributed by atoms with Crippen LogP contribution < -0.4 is 10.6 Å². The first-order valence-corrected chi connectivity index (χ1v) is 7.11. The number of carbonyl (C=O) groups is 1. The summed E-state index contributed by atoms with van der Waals surface area (Å²) < 4.78 is 5.70. The average molecular weight is 350 g/mol. The predicted molar refractivity (Wildman–Crippen MR) is 86.2 cm³/mol. The summed E-state index contributed by atoms with van der Waals surface area (Å²) in [5.41, 5.74) is 7.82. The first-order chi connectivity index (χ1) is 10.0. The SMILES string of the molecule is COC(=O)c1ccc(N)c(N(C)Cc2ccc(Br)cc2)n1. The Morgan fingerprint density at radius 3 is 2.57 bits per heavy atom. The Morgan fingerprint density at radius 2 is 1.95 bits per heavy atom. The van der Waals surface area contributed by atoms with E-state index in [0.29, 0.717) is 18.1 Å². The molecule has 0 atom stereocenters. The number of anilines is 2. The van der Waals surface area contributed by atoms with E-state index in [1.54, 1.807) is 12.1 Å². The first-order valence-electron chi connectivity index (χ1n) is 6.31. The van der Waals surface area contributed by atoms with Gasteiger partial charge in [-0.2, -0.15) is 0 Å². The molecule has 0 unspecified atom stereocenters. The smallest absolute Gasteiger partial charge is 0.356 e. The van der Waals surface area contributed by atoms with Gasteiger partial charge in [0.05, 0.1) is 12.8 Å². The number of halogens is 1. The molecular weight excluding hydrogens is 334 g/mol. The van der Waals surface area contributed by atoms with E-state index in [-0.39, 0.29) is 5.69 Å². The Hall–Kier alpha value is -2.08. The molecular formula is C15H16BrN3O2. The van der Waals surface area contributed by atoms with Gasteiger partial charge < -0.3 is 15.4 Å². The van der Waals surface area contributed by atoms with Crippen molar-refractivity contribution in [2.24, 2.45) is 0 Å². The lowest BCUT2D eigenvalue weighted by Gasteiger charge is -2.20. The fourth-order valence-corrected chi connectivity index (χ4v) is 2.19. The number of benzene rings is 1. The Kier molecular flexibility index (Phi) is 4.80. The van der Waals surface area contributed by atoms with Crippen molar-refractivity contribution in [3.63, 3.8) is 0 Å². The number of nitrogens with two attached hydrogens (primary N) is 1. The van der Waals surface area contributed by atoms with Crippen molar-refractivity contribution >= 4 is 33.4 Å². The molecule has 1 heterocycles. The molecule has 0 spiro atoms. The van der Waals surface area contributed by atoms with Gasteiger partial charge in [-0.1, -0.05) is 28.1 Å². The molecule has 2 aromatic rings. The summed E-state index contributed by atoms with van der Waals surface area (Å²) in [6, 6.07) is 11.2. The molecule has 0 bridgehead atoms. The number of nitrogen functional groups attached to an aromatic ring is 1. The highest BCUT2D eigenvalue weighted by Gasteiger charge is 2.13. The van der Waals surface area contributed by atoms with Crippen molar-refractivity contribution in [2.45, 2.75) is 6.54 Å². The maximum Gasteiger partial charge on any atom is 0.356 e. The molecule has 0 saturated carbocycles. The van der Waals surface area contributed by atoms with Crippen molar-refractivity contribution < 1.29 is 9.53 Å². The highest BCUT2D eigenvalue weighted by molar-refractivity contribution is 9.10. The molecule has 21 heavy (non-hydrogen) atoms. The number of aromatic nitrogens is 1. The number of hydrogen-bond donors (Lipinski definition) is 1. The Labute approximate surface area is 131 Å². The number of rotatable bonds is 4. The van der Waals surface area contributed by atoms with Crippen LogP contribution in [-0.2, 0) is 11.3 Å². The summed E-state index contributed by atoms with van der Waals surface area (Å²) in [4.78, 5) is 17.7. The van der Waals surface area contributed by atoms with E-state index in [0.717, 1.165) is 10.0 Å². The quantitative estimate of drug-likeness (QED) is 0.859. The van der Waals surface area contributed by atoms with Gasteiger partial charge in [0, 0.05) is 18.1 Å². The van der Waals surface area contributed by atoms with E-state index in [4.69, 9.17) is 5.73 Å². The summed E-state index contributed by atoms with van der Waals surface area (Å²) in [6.07, 6.45) is 0. The third kappa shape index (κ3) is 3.72. The normalized spacial score (nSPS) is 10.2. The Bertz CT molecular complexity index is 644. The lowest BCUT2D eigenvalue weighted by Crippen LogP contribution is -2.20. The number of nitrogens with zero attached hydrogens (tertiary/aromatic N) is 2. The number of carbonyl (C=O) groups excluding carboxylic acids is 1. The molecule has 0 aliphatic heterocycles. The van der Waals surface area contributed by atoms with Crippen molar-refractivity contribution in [1.29, 1.82) is 0 Å². The topological polar surface area (TPSA) is 68.5 Å². The maximum absolute atomic E-state index is 11.5. The van der Waals surface area contributed by atoms with Crippen molar-refractivity contribution in [3.05, 3.63) is 52.1 Å². The van der Waals surface area contributed by atoms with E-state index in [1.807, 2.05) is 36.2 Å². The second kappa shape index (κ2) is 6.58. The predicted octanol–water partition coefficient (Wildman–Crippen LogP) is 2.85. The van der Waals surface area contributed by atoms with Gasteiger partial charge in [-0.05, 0) is 29.8 Å². The van der Waals surface area contributed by atoms with Gasteiger partial charge in [-0.25, -0.2) is 9.78 Å². The van der Waals surface area contributed by atoms with E-state index in [1.165, 1.54) is 7.11 Å². The number of ether oxygens (including phenoxy) is 1. The molecule has 1 aromatic heterocycles. The van der Waals surface area contributed by atoms with Crippen LogP contribution in [0.3, 0.4) is 0 Å². The first kappa shape index (κ1) is 15.3. The van der Waals surface area contributed by atoms with Crippen LogP contribution in [0.4, 0.5) is 11.5 Å². The summed E-state index contributed by atoms with van der Waals surface area (Å²) in [5, 5.41) is 0. The highest BCUT2D eigenvalue weighted by atomic mass is 79.9. The van der Waals surface area contributed by atoms with E-state index in [9.17, 15) is 4.79 Å². The fourth-order valence-electron chi connectivity index (χ4n) is 1.92. The minimum atomic E-state index is -0.478. The van der Waals surface area contributed by atoms with Gasteiger partial charge in [0.15, 0.2) is 11.5 Å². The number of pyridine rings is 1. The molecule has 1 aromatic carbocycles. The lowest BCUT2D eigenvalue weighted by molar-refractivity contribution is 0.0594. The second-order valence-corrected chi connectivity index (χ2v) is 5.50. The monoisotopic (exact) mass is 349 g/mol. The lowest BCUT2D eigenvalue weighted by atomic mass is 10.2. The summed E-state index contributed by atoms with van der Waals surface area (Å²) in [7, 11) is 3.20. The molecule has 110 valence electrons. The van der Waals surface area contributed by atoms with Crippen LogP contribution in [0.15, 0.2) is 40.9 Å². The van der Waals surface area contributed by atoms with Crippen LogP contribution in [0.1, 0.15) is 16.1 Å². The molecule has 0 aliphatic carbocycles. The molecule has 0 saturated heterocycles. The molecule has 0 radical (unpaired) electrons. The van der Waals surface area contributed by atoms with Crippen LogP contribution >= 0.6 is 15.9 Å². The average Bonchev–Trinajstić information content (AvgIpc) is 2.49. The number of esters is 1. The third-order valence-electron chi connectivity index (χ3n) is 2.99. The van der Waals surface area contributed by atoms with Gasteiger partial charge in [0.2, 0.25) is 0 Å². The summed E-state index contributed by atoms with van der Waals surface area (Å²) >= 11 is 3.40. The van der Waals surface area contributed by atoms with E-state index < -0.39 is 5.97 Å². The zero-order valence-electron chi connectivity index (χ0n) is 11.8. The van der Waals surface area contributed by atoms with Crippen LogP contribution in [-0.4, -0.2) is 25.1 Å². The molecule has 6 heteroatoms. The zero-order valence-corrected chi connectivity index (χ0v) is 13.4. The van der Waals surface area contributed by atoms with Gasteiger partial charge in [-0.3, -0.25) is 0 Å². The minimum Gasteiger partial charge on any atom is -0.464 e. The molecule has 0 fully saturated rings. The van der Waals surface area contributed by atoms with E-state index in [2.05, 4.69) is 25.7 Å². The molecule has 0 amide bonds. The van der Waals surface area contributed by atoms with Gasteiger partial charge in [0.25, 0.3) is 0 Å². The molecule has 0 aliphatic rings. The van der Waals surface area contributed by atoms with Crippen LogP contribution in [0, 0.1) is 0 Å². The van der Waals surface area contributed by atoms with Crippen molar-refractivity contribution in [3.8, 4) is 0 Å². The summed E-state index contributed by atoms with van der Waals surface area (Å²) in [6.45, 7) is 0.634. The number of methoxy groups -OCH3 is 1. The van der Waals surface area contributed by atoms with Crippen LogP contribution in [0.5, 0.6) is 0 Å². The highest BCUT2D eigenvalue weighted by Crippen LogP contribution is 2.22. The third-order valence-corrected chi connectivity index (χ3v) is 3.52.